The number of carbonyl (C=O) groups is 2. The number of aryl methyl sites for hydroxylation is 1. The van der Waals surface area contributed by atoms with Crippen molar-refractivity contribution < 1.29 is 9.59 Å². The number of nitrogens with one attached hydrogen (secondary N) is 1. The molecule has 0 aromatic heterocycles. The van der Waals surface area contributed by atoms with E-state index in [1.807, 2.05) is 57.2 Å². The van der Waals surface area contributed by atoms with Crippen LogP contribution >= 0.6 is 11.6 Å². The second-order valence-electron chi connectivity index (χ2n) is 6.83. The van der Waals surface area contributed by atoms with Crippen LogP contribution in [0.25, 0.3) is 0 Å². The van der Waals surface area contributed by atoms with E-state index in [2.05, 4.69) is 5.32 Å². The van der Waals surface area contributed by atoms with Crippen molar-refractivity contribution in [1.29, 1.82) is 0 Å². The van der Waals surface area contributed by atoms with Gasteiger partial charge in [-0.1, -0.05) is 55.8 Å². The first-order valence-electron chi connectivity index (χ1n) is 8.65. The molecular formula is C21H25ClN2O2. The molecule has 0 unspecified atom stereocenters. The highest BCUT2D eigenvalue weighted by atomic mass is 35.5. The molecule has 1 N–H and O–H groups in total. The molecule has 0 aliphatic heterocycles. The normalized spacial score (nSPS) is 11.9. The number of hydrogen-bond donors (Lipinski definition) is 1. The highest BCUT2D eigenvalue weighted by molar-refractivity contribution is 6.30. The average Bonchev–Trinajstić information content (AvgIpc) is 2.59. The fourth-order valence-electron chi connectivity index (χ4n) is 2.78. The summed E-state index contributed by atoms with van der Waals surface area (Å²) in [5.74, 6) is -0.384. The van der Waals surface area contributed by atoms with Crippen LogP contribution in [0.5, 0.6) is 0 Å². The standard InChI is InChI=1S/C21H25ClN2O2/c1-14(2)19(23-20(25)18-11-6-5-8-15(18)3)21(26)24(4)13-16-9-7-10-17(22)12-16/h5-12,14,19H,13H2,1-4H3,(H,23,25)/t19-/m0/s1. The molecule has 0 heterocycles. The van der Waals surface area contributed by atoms with Crippen molar-refractivity contribution in [2.45, 2.75) is 33.4 Å². The summed E-state index contributed by atoms with van der Waals surface area (Å²) in [4.78, 5) is 27.1. The molecule has 0 saturated heterocycles. The SMILES string of the molecule is Cc1ccccc1C(=O)N[C@H](C(=O)N(C)Cc1cccc(Cl)c1)C(C)C. The molecule has 4 nitrogen and oxygen atoms in total. The van der Waals surface area contributed by atoms with Crippen LogP contribution < -0.4 is 5.32 Å². The van der Waals surface area contributed by atoms with E-state index in [1.54, 1.807) is 24.1 Å². The first-order valence-corrected chi connectivity index (χ1v) is 9.03. The Labute approximate surface area is 160 Å². The van der Waals surface area contributed by atoms with Crippen molar-refractivity contribution in [2.24, 2.45) is 5.92 Å². The fraction of sp³-hybridized carbons (Fsp3) is 0.333. The summed E-state index contributed by atoms with van der Waals surface area (Å²) in [5, 5.41) is 3.53. The lowest BCUT2D eigenvalue weighted by Crippen LogP contribution is -2.50. The van der Waals surface area contributed by atoms with Gasteiger partial charge in [0.25, 0.3) is 5.91 Å². The minimum Gasteiger partial charge on any atom is -0.340 e. The van der Waals surface area contributed by atoms with Gasteiger partial charge in [-0.15, -0.1) is 0 Å². The second kappa shape index (κ2) is 8.86. The van der Waals surface area contributed by atoms with Gasteiger partial charge in [0.1, 0.15) is 6.04 Å². The van der Waals surface area contributed by atoms with Gasteiger partial charge in [-0.05, 0) is 42.2 Å². The van der Waals surface area contributed by atoms with Crippen molar-refractivity contribution in [3.63, 3.8) is 0 Å². The number of likely N-dealkylation sites (N-methyl/N-ethyl adjacent to an activating group) is 1. The lowest BCUT2D eigenvalue weighted by atomic mass is 10.0. The molecule has 2 rings (SSSR count). The molecule has 0 aliphatic carbocycles. The van der Waals surface area contributed by atoms with Crippen LogP contribution in [0, 0.1) is 12.8 Å². The van der Waals surface area contributed by atoms with Gasteiger partial charge >= 0.3 is 0 Å². The van der Waals surface area contributed by atoms with E-state index in [0.717, 1.165) is 11.1 Å². The second-order valence-corrected chi connectivity index (χ2v) is 7.27. The van der Waals surface area contributed by atoms with Crippen LogP contribution in [-0.4, -0.2) is 29.8 Å². The Morgan fingerprint density at radius 2 is 1.81 bits per heavy atom. The van der Waals surface area contributed by atoms with Crippen LogP contribution in [0.15, 0.2) is 48.5 Å². The Morgan fingerprint density at radius 3 is 2.42 bits per heavy atom. The molecule has 0 spiro atoms. The number of hydrogen-bond acceptors (Lipinski definition) is 2. The number of halogens is 1. The van der Waals surface area contributed by atoms with Gasteiger partial charge in [-0.2, -0.15) is 0 Å². The Balaban J connectivity index is 2.11. The lowest BCUT2D eigenvalue weighted by Gasteiger charge is -2.27. The molecule has 0 aliphatic rings. The fourth-order valence-corrected chi connectivity index (χ4v) is 3.00. The molecule has 0 radical (unpaired) electrons. The van der Waals surface area contributed by atoms with Crippen molar-refractivity contribution in [3.05, 3.63) is 70.2 Å². The molecule has 5 heteroatoms. The predicted octanol–water partition coefficient (Wildman–Crippen LogP) is 4.06. The monoisotopic (exact) mass is 372 g/mol. The van der Waals surface area contributed by atoms with E-state index in [9.17, 15) is 9.59 Å². The van der Waals surface area contributed by atoms with E-state index >= 15 is 0 Å². The zero-order valence-electron chi connectivity index (χ0n) is 15.6. The van der Waals surface area contributed by atoms with Crippen molar-refractivity contribution >= 4 is 23.4 Å². The Bertz CT molecular complexity index is 789. The zero-order chi connectivity index (χ0) is 19.3. The predicted molar refractivity (Wildman–Crippen MR) is 105 cm³/mol. The van der Waals surface area contributed by atoms with Gasteiger partial charge in [-0.25, -0.2) is 0 Å². The summed E-state index contributed by atoms with van der Waals surface area (Å²) >= 11 is 6.01. The maximum Gasteiger partial charge on any atom is 0.252 e. The highest BCUT2D eigenvalue weighted by Crippen LogP contribution is 2.15. The molecule has 2 amide bonds. The number of amides is 2. The van der Waals surface area contributed by atoms with E-state index < -0.39 is 6.04 Å². The smallest absolute Gasteiger partial charge is 0.252 e. The molecule has 0 fully saturated rings. The van der Waals surface area contributed by atoms with Crippen molar-refractivity contribution in [1.82, 2.24) is 10.2 Å². The summed E-state index contributed by atoms with van der Waals surface area (Å²) < 4.78 is 0. The molecule has 1 atom stereocenters. The number of rotatable bonds is 6. The molecular weight excluding hydrogens is 348 g/mol. The van der Waals surface area contributed by atoms with Gasteiger partial charge in [-0.3, -0.25) is 9.59 Å². The summed E-state index contributed by atoms with van der Waals surface area (Å²) in [7, 11) is 1.73. The third-order valence-electron chi connectivity index (χ3n) is 4.29. The maximum atomic E-state index is 12.9. The Hall–Kier alpha value is -2.33. The van der Waals surface area contributed by atoms with E-state index in [-0.39, 0.29) is 17.7 Å². The zero-order valence-corrected chi connectivity index (χ0v) is 16.4. The summed E-state index contributed by atoms with van der Waals surface area (Å²) in [6.45, 7) is 6.16. The molecule has 0 bridgehead atoms. The molecule has 2 aromatic carbocycles. The average molecular weight is 373 g/mol. The van der Waals surface area contributed by atoms with Gasteiger partial charge < -0.3 is 10.2 Å². The number of carbonyl (C=O) groups excluding carboxylic acids is 2. The van der Waals surface area contributed by atoms with E-state index in [0.29, 0.717) is 17.1 Å². The lowest BCUT2D eigenvalue weighted by molar-refractivity contribution is -0.133. The third-order valence-corrected chi connectivity index (χ3v) is 4.53. The number of benzene rings is 2. The quantitative estimate of drug-likeness (QED) is 0.831. The third kappa shape index (κ3) is 5.09. The van der Waals surface area contributed by atoms with Gasteiger partial charge in [0.2, 0.25) is 5.91 Å². The molecule has 2 aromatic rings. The van der Waals surface area contributed by atoms with Crippen molar-refractivity contribution in [2.75, 3.05) is 7.05 Å². The summed E-state index contributed by atoms with van der Waals surface area (Å²) in [5.41, 5.74) is 2.41. The van der Waals surface area contributed by atoms with Crippen LogP contribution in [0.2, 0.25) is 5.02 Å². The minimum atomic E-state index is -0.591. The number of nitrogens with zero attached hydrogens (tertiary/aromatic N) is 1. The van der Waals surface area contributed by atoms with Crippen LogP contribution in [0.4, 0.5) is 0 Å². The van der Waals surface area contributed by atoms with Crippen LogP contribution in [0.3, 0.4) is 0 Å². The molecule has 138 valence electrons. The first-order chi connectivity index (χ1) is 12.3. The van der Waals surface area contributed by atoms with E-state index in [1.165, 1.54) is 0 Å². The summed E-state index contributed by atoms with van der Waals surface area (Å²) in [6, 6.07) is 14.2. The first kappa shape index (κ1) is 20.0. The molecule has 0 saturated carbocycles. The maximum absolute atomic E-state index is 12.9. The topological polar surface area (TPSA) is 49.4 Å². The van der Waals surface area contributed by atoms with Crippen LogP contribution in [0.1, 0.15) is 35.3 Å². The van der Waals surface area contributed by atoms with Crippen LogP contribution in [-0.2, 0) is 11.3 Å². The van der Waals surface area contributed by atoms with Gasteiger partial charge in [0, 0.05) is 24.2 Å². The van der Waals surface area contributed by atoms with Gasteiger partial charge in [0.05, 0.1) is 0 Å². The molecule has 26 heavy (non-hydrogen) atoms. The van der Waals surface area contributed by atoms with E-state index in [4.69, 9.17) is 11.6 Å². The highest BCUT2D eigenvalue weighted by Gasteiger charge is 2.27. The Morgan fingerprint density at radius 1 is 1.12 bits per heavy atom. The summed E-state index contributed by atoms with van der Waals surface area (Å²) in [6.07, 6.45) is 0. The van der Waals surface area contributed by atoms with Crippen molar-refractivity contribution in [3.8, 4) is 0 Å². The van der Waals surface area contributed by atoms with Gasteiger partial charge in [0.15, 0.2) is 0 Å². The minimum absolute atomic E-state index is 0.0303. The largest absolute Gasteiger partial charge is 0.340 e. The Kier molecular flexibility index (Phi) is 6.81.